The molecule has 0 aromatic carbocycles. The molecule has 13 heavy (non-hydrogen) atoms. The van der Waals surface area contributed by atoms with Gasteiger partial charge < -0.3 is 0 Å². The molecule has 0 radical (unpaired) electrons. The Bertz CT molecular complexity index is 177. The van der Waals surface area contributed by atoms with Crippen molar-refractivity contribution in [3.8, 4) is 0 Å². The van der Waals surface area contributed by atoms with Gasteiger partial charge in [-0.15, -0.1) is 0 Å². The van der Waals surface area contributed by atoms with Crippen molar-refractivity contribution in [2.24, 2.45) is 5.10 Å². The molecule has 1 aliphatic heterocycles. The Morgan fingerprint density at radius 2 is 2.23 bits per heavy atom. The fraction of sp³-hybridized carbons (Fsp3) is 0.875. The minimum Gasteiger partial charge on any atom is -0.260 e. The lowest BCUT2D eigenvalue weighted by Gasteiger charge is -2.20. The van der Waals surface area contributed by atoms with Crippen LogP contribution in [0.1, 0.15) is 32.6 Å². The van der Waals surface area contributed by atoms with Crippen LogP contribution in [0.25, 0.3) is 0 Å². The first-order chi connectivity index (χ1) is 6.25. The molecule has 0 fully saturated rings. The minimum absolute atomic E-state index is 0.165. The number of alkyl halides is 1. The second-order valence-electron chi connectivity index (χ2n) is 3.11. The molecule has 0 saturated heterocycles. The average Bonchev–Trinajstić information content (AvgIpc) is 2.43. The Kier molecular flexibility index (Phi) is 4.88. The highest BCUT2D eigenvalue weighted by molar-refractivity contribution is 9.07. The molecule has 0 spiro atoms. The number of rotatable bonds is 5. The van der Waals surface area contributed by atoms with Crippen molar-refractivity contribution in [3.63, 3.8) is 0 Å². The van der Waals surface area contributed by atoms with E-state index < -0.39 is 0 Å². The standard InChI is InChI=1S/C8H15BrClN3/c1-2-3-4-5-6-13-8(10)12(9)7-11-13/h7-8H,2-6H2,1H3. The van der Waals surface area contributed by atoms with Gasteiger partial charge in [-0.1, -0.05) is 37.8 Å². The fourth-order valence-corrected chi connectivity index (χ4v) is 1.71. The largest absolute Gasteiger partial charge is 0.260 e. The van der Waals surface area contributed by atoms with E-state index in [-0.39, 0.29) is 5.62 Å². The van der Waals surface area contributed by atoms with E-state index in [0.29, 0.717) is 0 Å². The summed E-state index contributed by atoms with van der Waals surface area (Å²) in [4.78, 5) is 0. The molecule has 5 heteroatoms. The van der Waals surface area contributed by atoms with E-state index in [2.05, 4.69) is 28.2 Å². The summed E-state index contributed by atoms with van der Waals surface area (Å²) in [6.07, 6.45) is 6.67. The maximum absolute atomic E-state index is 6.02. The maximum atomic E-state index is 6.02. The normalized spacial score (nSPS) is 21.6. The van der Waals surface area contributed by atoms with E-state index in [1.54, 1.807) is 10.3 Å². The Morgan fingerprint density at radius 1 is 1.46 bits per heavy atom. The Hall–Kier alpha value is 0.0400. The second-order valence-corrected chi connectivity index (χ2v) is 4.32. The average molecular weight is 269 g/mol. The van der Waals surface area contributed by atoms with Gasteiger partial charge in [-0.3, -0.25) is 8.93 Å². The lowest BCUT2D eigenvalue weighted by atomic mass is 10.2. The van der Waals surface area contributed by atoms with Crippen LogP contribution in [-0.4, -0.2) is 27.4 Å². The SMILES string of the molecule is CCCCCCN1N=CN(Br)C1Cl. The zero-order valence-electron chi connectivity index (χ0n) is 7.79. The van der Waals surface area contributed by atoms with Crippen molar-refractivity contribution in [1.82, 2.24) is 8.93 Å². The first-order valence-electron chi connectivity index (χ1n) is 4.64. The zero-order valence-corrected chi connectivity index (χ0v) is 10.1. The molecule has 1 atom stereocenters. The molecular weight excluding hydrogens is 253 g/mol. The highest BCUT2D eigenvalue weighted by atomic mass is 79.9. The third-order valence-corrected chi connectivity index (χ3v) is 3.24. The predicted octanol–water partition coefficient (Wildman–Crippen LogP) is 2.96. The molecule has 0 bridgehead atoms. The third-order valence-electron chi connectivity index (χ3n) is 2.00. The van der Waals surface area contributed by atoms with Gasteiger partial charge in [0.25, 0.3) is 0 Å². The summed E-state index contributed by atoms with van der Waals surface area (Å²) in [7, 11) is 0. The van der Waals surface area contributed by atoms with Crippen LogP contribution in [0.15, 0.2) is 5.10 Å². The van der Waals surface area contributed by atoms with Gasteiger partial charge in [0.1, 0.15) is 6.34 Å². The van der Waals surface area contributed by atoms with Crippen LogP contribution in [0.3, 0.4) is 0 Å². The molecule has 1 unspecified atom stereocenters. The van der Waals surface area contributed by atoms with E-state index in [0.717, 1.165) is 13.0 Å². The molecule has 0 N–H and O–H groups in total. The Labute approximate surface area is 93.1 Å². The summed E-state index contributed by atoms with van der Waals surface area (Å²) in [5.41, 5.74) is -0.165. The molecule has 1 heterocycles. The molecular formula is C8H15BrClN3. The van der Waals surface area contributed by atoms with Crippen LogP contribution < -0.4 is 0 Å². The van der Waals surface area contributed by atoms with E-state index in [1.165, 1.54) is 19.3 Å². The lowest BCUT2D eigenvalue weighted by molar-refractivity contribution is 0.244. The van der Waals surface area contributed by atoms with Gasteiger partial charge in [0.2, 0.25) is 5.62 Å². The summed E-state index contributed by atoms with van der Waals surface area (Å²) >= 11 is 9.30. The molecule has 76 valence electrons. The smallest absolute Gasteiger partial charge is 0.205 e. The zero-order chi connectivity index (χ0) is 9.68. The van der Waals surface area contributed by atoms with E-state index in [4.69, 9.17) is 11.6 Å². The maximum Gasteiger partial charge on any atom is 0.205 e. The second kappa shape index (κ2) is 5.70. The van der Waals surface area contributed by atoms with Gasteiger partial charge in [0.05, 0.1) is 16.1 Å². The van der Waals surface area contributed by atoms with Crippen LogP contribution in [0.5, 0.6) is 0 Å². The monoisotopic (exact) mass is 267 g/mol. The van der Waals surface area contributed by atoms with Crippen LogP contribution in [-0.2, 0) is 0 Å². The van der Waals surface area contributed by atoms with Gasteiger partial charge >= 0.3 is 0 Å². The number of unbranched alkanes of at least 4 members (excludes halogenated alkanes) is 3. The van der Waals surface area contributed by atoms with Crippen molar-refractivity contribution in [1.29, 1.82) is 0 Å². The van der Waals surface area contributed by atoms with Crippen molar-refractivity contribution in [2.75, 3.05) is 6.54 Å². The number of hydrogen-bond donors (Lipinski definition) is 0. The first kappa shape index (κ1) is 11.1. The fourth-order valence-electron chi connectivity index (χ4n) is 1.22. The highest BCUT2D eigenvalue weighted by Crippen LogP contribution is 2.19. The van der Waals surface area contributed by atoms with Crippen LogP contribution >= 0.6 is 27.7 Å². The molecule has 1 rings (SSSR count). The number of hydrazone groups is 1. The molecule has 0 aliphatic carbocycles. The number of hydrogen-bond acceptors (Lipinski definition) is 3. The molecule has 0 aromatic rings. The quantitative estimate of drug-likeness (QED) is 0.330. The Balaban J connectivity index is 2.12. The topological polar surface area (TPSA) is 18.8 Å². The molecule has 0 amide bonds. The van der Waals surface area contributed by atoms with Gasteiger partial charge in [-0.2, -0.15) is 5.10 Å². The van der Waals surface area contributed by atoms with E-state index >= 15 is 0 Å². The van der Waals surface area contributed by atoms with Gasteiger partial charge in [-0.25, -0.2) is 0 Å². The van der Waals surface area contributed by atoms with Crippen molar-refractivity contribution >= 4 is 34.1 Å². The number of halogens is 2. The molecule has 3 nitrogen and oxygen atoms in total. The summed E-state index contributed by atoms with van der Waals surface area (Å²) in [6, 6.07) is 0. The summed E-state index contributed by atoms with van der Waals surface area (Å²) < 4.78 is 1.72. The summed E-state index contributed by atoms with van der Waals surface area (Å²) in [5.74, 6) is 0. The lowest BCUT2D eigenvalue weighted by Crippen LogP contribution is -2.29. The summed E-state index contributed by atoms with van der Waals surface area (Å²) in [5, 5.41) is 6.03. The Morgan fingerprint density at radius 3 is 2.77 bits per heavy atom. The van der Waals surface area contributed by atoms with Crippen molar-refractivity contribution < 1.29 is 0 Å². The van der Waals surface area contributed by atoms with Crippen LogP contribution in [0.2, 0.25) is 0 Å². The van der Waals surface area contributed by atoms with E-state index in [1.807, 2.05) is 5.01 Å². The molecule has 0 saturated carbocycles. The first-order valence-corrected chi connectivity index (χ1v) is 5.79. The van der Waals surface area contributed by atoms with Crippen molar-refractivity contribution in [2.45, 2.75) is 38.2 Å². The van der Waals surface area contributed by atoms with E-state index in [9.17, 15) is 0 Å². The van der Waals surface area contributed by atoms with Crippen molar-refractivity contribution in [3.05, 3.63) is 0 Å². The minimum atomic E-state index is -0.165. The molecule has 1 aliphatic rings. The van der Waals surface area contributed by atoms with Crippen LogP contribution in [0.4, 0.5) is 0 Å². The van der Waals surface area contributed by atoms with Gasteiger partial charge in [0, 0.05) is 6.54 Å². The summed E-state index contributed by atoms with van der Waals surface area (Å²) in [6.45, 7) is 3.14. The highest BCUT2D eigenvalue weighted by Gasteiger charge is 2.22. The molecule has 0 aromatic heterocycles. The van der Waals surface area contributed by atoms with Gasteiger partial charge in [0.15, 0.2) is 0 Å². The number of nitrogens with zero attached hydrogens (tertiary/aromatic N) is 3. The third kappa shape index (κ3) is 3.35. The predicted molar refractivity (Wildman–Crippen MR) is 59.7 cm³/mol. The van der Waals surface area contributed by atoms with Gasteiger partial charge in [-0.05, 0) is 6.42 Å². The van der Waals surface area contributed by atoms with Crippen LogP contribution in [0, 0.1) is 0 Å².